The third-order valence-electron chi connectivity index (χ3n) is 9.27. The van der Waals surface area contributed by atoms with Gasteiger partial charge in [0.2, 0.25) is 17.8 Å². The molecule has 4 heterocycles. The van der Waals surface area contributed by atoms with Crippen LogP contribution < -0.4 is 10.2 Å². The van der Waals surface area contributed by atoms with Crippen LogP contribution in [0.15, 0.2) is 54.4 Å². The molecule has 0 radical (unpaired) electrons. The van der Waals surface area contributed by atoms with Crippen LogP contribution in [-0.4, -0.2) is 81.0 Å². The molecule has 3 amide bonds. The van der Waals surface area contributed by atoms with E-state index in [1.165, 1.54) is 0 Å². The number of fused-ring (bicyclic) bond motifs is 3. The van der Waals surface area contributed by atoms with Crippen molar-refractivity contribution in [2.45, 2.75) is 82.9 Å². The number of ether oxygens (including phenoxy) is 1. The highest BCUT2D eigenvalue weighted by molar-refractivity contribution is 6.02. The van der Waals surface area contributed by atoms with Crippen LogP contribution in [0.4, 0.5) is 22.2 Å². The second-order valence-corrected chi connectivity index (χ2v) is 14.6. The largest absolute Gasteiger partial charge is 0.444 e. The third-order valence-corrected chi connectivity index (χ3v) is 9.27. The minimum absolute atomic E-state index is 0.0592. The fraction of sp³-hybridized carbons (Fsp3) is 0.432. The van der Waals surface area contributed by atoms with E-state index in [9.17, 15) is 19.6 Å². The maximum atomic E-state index is 13.3. The van der Waals surface area contributed by atoms with Gasteiger partial charge in [0, 0.05) is 50.4 Å². The minimum atomic E-state index is -0.646. The highest BCUT2D eigenvalue weighted by atomic mass is 16.6. The average Bonchev–Trinajstić information content (AvgIpc) is 3.59. The van der Waals surface area contributed by atoms with Gasteiger partial charge in [-0.1, -0.05) is 24.3 Å². The third kappa shape index (κ3) is 6.70. The lowest BCUT2D eigenvalue weighted by Gasteiger charge is -2.31. The van der Waals surface area contributed by atoms with Gasteiger partial charge in [-0.2, -0.15) is 5.26 Å². The van der Waals surface area contributed by atoms with Gasteiger partial charge < -0.3 is 19.9 Å². The first-order valence-electron chi connectivity index (χ1n) is 16.5. The molecule has 49 heavy (non-hydrogen) atoms. The van der Waals surface area contributed by atoms with E-state index in [0.29, 0.717) is 35.3 Å². The number of amides is 3. The van der Waals surface area contributed by atoms with E-state index in [1.807, 2.05) is 71.0 Å². The number of hydrogen-bond donors (Lipinski definition) is 1. The van der Waals surface area contributed by atoms with Crippen molar-refractivity contribution in [3.05, 3.63) is 76.7 Å². The van der Waals surface area contributed by atoms with Crippen LogP contribution in [-0.2, 0) is 19.7 Å². The lowest BCUT2D eigenvalue weighted by Crippen LogP contribution is -2.45. The summed E-state index contributed by atoms with van der Waals surface area (Å²) in [6, 6.07) is 13.3. The topological polar surface area (TPSA) is 145 Å². The molecule has 2 saturated heterocycles. The molecule has 3 unspecified atom stereocenters. The number of rotatable bonds is 6. The van der Waals surface area contributed by atoms with Crippen LogP contribution in [0.3, 0.4) is 0 Å². The van der Waals surface area contributed by atoms with Crippen molar-refractivity contribution in [3.8, 4) is 6.07 Å². The monoisotopic (exact) mass is 662 g/mol. The summed E-state index contributed by atoms with van der Waals surface area (Å²) in [6.45, 7) is 9.63. The standard InChI is InChI=1S/C37H42N8O4/c1-36(2,3)49-35(48)45-25-12-13-27(45)20-44(30(46)17-25)26-14-15-29(39-19-26)41-34-40-18-23-16-28(33(47)43(6)7)31(32(23)42-34)22-8-10-24(11-9-22)37(4,5)21-38/h8-11,14-16,18-19,25,27,31H,12-13,17,20H2,1-7H3,(H,39,40,41,42). The number of pyridine rings is 1. The molecule has 2 bridgehead atoms. The number of carbonyl (C=O) groups excluding carboxylic acids is 3. The molecule has 3 atom stereocenters. The van der Waals surface area contributed by atoms with E-state index in [4.69, 9.17) is 9.72 Å². The normalized spacial score (nSPS) is 20.2. The molecule has 12 heteroatoms. The van der Waals surface area contributed by atoms with Crippen molar-refractivity contribution in [2.75, 3.05) is 30.9 Å². The first-order chi connectivity index (χ1) is 23.1. The molecule has 1 N–H and O–H groups in total. The molecule has 12 nitrogen and oxygen atoms in total. The highest BCUT2D eigenvalue weighted by Crippen LogP contribution is 2.41. The Hall–Kier alpha value is -5.31. The van der Waals surface area contributed by atoms with E-state index in [2.05, 4.69) is 21.4 Å². The van der Waals surface area contributed by atoms with Crippen LogP contribution in [0.5, 0.6) is 0 Å². The SMILES string of the molecule is CN(C)C(=O)C1=Cc2cnc(Nc3ccc(N4CC5CCC(CC4=O)N5C(=O)OC(C)(C)C)cn3)nc2C1c1ccc(C(C)(C)C#N)cc1. The Labute approximate surface area is 286 Å². The molecule has 0 saturated carbocycles. The van der Waals surface area contributed by atoms with E-state index in [0.717, 1.165) is 29.5 Å². The number of aromatic nitrogens is 3. The number of likely N-dealkylation sites (N-methyl/N-ethyl adjacent to an activating group) is 1. The Bertz CT molecular complexity index is 1850. The zero-order valence-electron chi connectivity index (χ0n) is 29.0. The molecule has 1 aromatic carbocycles. The number of nitrogens with one attached hydrogen (secondary N) is 1. The Balaban J connectivity index is 1.21. The number of hydrogen-bond acceptors (Lipinski definition) is 9. The summed E-state index contributed by atoms with van der Waals surface area (Å²) in [5, 5.41) is 12.8. The molecule has 6 rings (SSSR count). The van der Waals surface area contributed by atoms with Crippen LogP contribution in [0.2, 0.25) is 0 Å². The second-order valence-electron chi connectivity index (χ2n) is 14.6. The molecule has 3 aromatic rings. The lowest BCUT2D eigenvalue weighted by atomic mass is 9.84. The molecular weight excluding hydrogens is 620 g/mol. The van der Waals surface area contributed by atoms with E-state index >= 15 is 0 Å². The molecule has 2 aliphatic heterocycles. The van der Waals surface area contributed by atoms with Gasteiger partial charge in [0.05, 0.1) is 41.0 Å². The molecule has 0 spiro atoms. The van der Waals surface area contributed by atoms with Crippen molar-refractivity contribution in [3.63, 3.8) is 0 Å². The number of benzene rings is 1. The average molecular weight is 663 g/mol. The van der Waals surface area contributed by atoms with Gasteiger partial charge in [-0.05, 0) is 76.8 Å². The summed E-state index contributed by atoms with van der Waals surface area (Å²) in [5.74, 6) is 0.192. The first-order valence-corrected chi connectivity index (χ1v) is 16.5. The van der Waals surface area contributed by atoms with Crippen molar-refractivity contribution in [2.24, 2.45) is 0 Å². The number of carbonyl (C=O) groups is 3. The van der Waals surface area contributed by atoms with Gasteiger partial charge in [0.25, 0.3) is 0 Å². The fourth-order valence-corrected chi connectivity index (χ4v) is 6.70. The zero-order valence-corrected chi connectivity index (χ0v) is 29.0. The smallest absolute Gasteiger partial charge is 0.410 e. The lowest BCUT2D eigenvalue weighted by molar-refractivity contribution is -0.124. The van der Waals surface area contributed by atoms with Gasteiger partial charge in [0.15, 0.2) is 0 Å². The maximum absolute atomic E-state index is 13.3. The summed E-state index contributed by atoms with van der Waals surface area (Å²) in [5.41, 5.74) is 3.16. The van der Waals surface area contributed by atoms with Crippen molar-refractivity contribution >= 4 is 41.4 Å². The Morgan fingerprint density at radius 2 is 1.71 bits per heavy atom. The van der Waals surface area contributed by atoms with Crippen LogP contribution in [0, 0.1) is 11.3 Å². The minimum Gasteiger partial charge on any atom is -0.444 e. The predicted molar refractivity (Wildman–Crippen MR) is 185 cm³/mol. The maximum Gasteiger partial charge on any atom is 0.410 e. The van der Waals surface area contributed by atoms with Gasteiger partial charge in [0.1, 0.15) is 11.4 Å². The van der Waals surface area contributed by atoms with Crippen LogP contribution in [0.25, 0.3) is 6.08 Å². The summed E-state index contributed by atoms with van der Waals surface area (Å²) >= 11 is 0. The van der Waals surface area contributed by atoms with Crippen molar-refractivity contribution in [1.82, 2.24) is 24.8 Å². The molecule has 1 aliphatic carbocycles. The fourth-order valence-electron chi connectivity index (χ4n) is 6.70. The Morgan fingerprint density at radius 3 is 2.35 bits per heavy atom. The number of nitrogens with zero attached hydrogens (tertiary/aromatic N) is 7. The molecule has 254 valence electrons. The summed E-state index contributed by atoms with van der Waals surface area (Å²) in [6.07, 6.45) is 6.58. The molecular formula is C37H42N8O4. The van der Waals surface area contributed by atoms with Gasteiger partial charge in [-0.3, -0.25) is 14.5 Å². The first kappa shape index (κ1) is 33.6. The van der Waals surface area contributed by atoms with Crippen LogP contribution >= 0.6 is 0 Å². The van der Waals surface area contributed by atoms with Gasteiger partial charge >= 0.3 is 6.09 Å². The Kier molecular flexibility index (Phi) is 8.65. The summed E-state index contributed by atoms with van der Waals surface area (Å²) < 4.78 is 5.66. The van der Waals surface area contributed by atoms with Crippen molar-refractivity contribution in [1.29, 1.82) is 5.26 Å². The van der Waals surface area contributed by atoms with Crippen LogP contribution in [0.1, 0.15) is 82.2 Å². The number of nitriles is 1. The Morgan fingerprint density at radius 1 is 1.00 bits per heavy atom. The van der Waals surface area contributed by atoms with E-state index in [1.54, 1.807) is 47.3 Å². The summed E-state index contributed by atoms with van der Waals surface area (Å²) in [7, 11) is 3.44. The predicted octanol–water partition coefficient (Wildman–Crippen LogP) is 5.54. The molecule has 2 aromatic heterocycles. The van der Waals surface area contributed by atoms with Gasteiger partial charge in [-0.25, -0.2) is 19.7 Å². The molecule has 2 fully saturated rings. The van der Waals surface area contributed by atoms with Crippen molar-refractivity contribution < 1.29 is 19.1 Å². The summed E-state index contributed by atoms with van der Waals surface area (Å²) in [4.78, 5) is 58.5. The van der Waals surface area contributed by atoms with E-state index < -0.39 is 16.9 Å². The number of anilines is 3. The zero-order chi connectivity index (χ0) is 35.2. The van der Waals surface area contributed by atoms with Gasteiger partial charge in [-0.15, -0.1) is 0 Å². The second kappa shape index (κ2) is 12.6. The quantitative estimate of drug-likeness (QED) is 0.360. The highest BCUT2D eigenvalue weighted by Gasteiger charge is 2.45. The van der Waals surface area contributed by atoms with E-state index in [-0.39, 0.29) is 36.4 Å². The molecule has 3 aliphatic rings.